The van der Waals surface area contributed by atoms with Gasteiger partial charge >= 0.3 is 5.97 Å². The molecule has 1 N–H and O–H groups in total. The molecule has 0 amide bonds. The second-order valence-corrected chi connectivity index (χ2v) is 7.58. The number of carbonyl (C=O) groups excluding carboxylic acids is 1. The number of rotatable bonds is 9. The Balaban J connectivity index is 2.02. The Kier molecular flexibility index (Phi) is 6.89. The SMILES string of the molecule is CCCCOC(=O)c1ccc(NS(=O)(=O)Cc2cccc([N+](=O)[O-])c2)cc1. The van der Waals surface area contributed by atoms with Crippen LogP contribution in [0.25, 0.3) is 0 Å². The molecule has 27 heavy (non-hydrogen) atoms. The van der Waals surface area contributed by atoms with E-state index in [0.717, 1.165) is 12.8 Å². The van der Waals surface area contributed by atoms with Crippen LogP contribution in [-0.2, 0) is 20.5 Å². The molecule has 0 aliphatic heterocycles. The molecule has 0 bridgehead atoms. The molecule has 0 aromatic heterocycles. The highest BCUT2D eigenvalue weighted by molar-refractivity contribution is 7.91. The first-order chi connectivity index (χ1) is 12.8. The van der Waals surface area contributed by atoms with Crippen molar-refractivity contribution in [1.82, 2.24) is 0 Å². The quantitative estimate of drug-likeness (QED) is 0.302. The van der Waals surface area contributed by atoms with Crippen LogP contribution < -0.4 is 4.72 Å². The molecule has 8 nitrogen and oxygen atoms in total. The van der Waals surface area contributed by atoms with E-state index in [1.807, 2.05) is 6.92 Å². The molecule has 0 aliphatic rings. The number of nitrogens with one attached hydrogen (secondary N) is 1. The van der Waals surface area contributed by atoms with Gasteiger partial charge in [0, 0.05) is 17.8 Å². The summed E-state index contributed by atoms with van der Waals surface area (Å²) in [5.41, 5.74) is 0.736. The number of nitro groups is 1. The summed E-state index contributed by atoms with van der Waals surface area (Å²) >= 11 is 0. The Bertz CT molecular complexity index is 910. The van der Waals surface area contributed by atoms with Crippen molar-refractivity contribution in [2.24, 2.45) is 0 Å². The minimum Gasteiger partial charge on any atom is -0.462 e. The van der Waals surface area contributed by atoms with Crippen LogP contribution >= 0.6 is 0 Å². The van der Waals surface area contributed by atoms with Gasteiger partial charge in [0.25, 0.3) is 5.69 Å². The lowest BCUT2D eigenvalue weighted by molar-refractivity contribution is -0.384. The maximum atomic E-state index is 12.3. The number of hydrogen-bond acceptors (Lipinski definition) is 6. The highest BCUT2D eigenvalue weighted by Crippen LogP contribution is 2.18. The van der Waals surface area contributed by atoms with E-state index >= 15 is 0 Å². The average Bonchev–Trinajstić information content (AvgIpc) is 2.62. The number of benzene rings is 2. The first-order valence-electron chi connectivity index (χ1n) is 8.32. The maximum Gasteiger partial charge on any atom is 0.338 e. The molecule has 2 rings (SSSR count). The van der Waals surface area contributed by atoms with Crippen LogP contribution in [-0.4, -0.2) is 25.9 Å². The fourth-order valence-corrected chi connectivity index (χ4v) is 3.45. The van der Waals surface area contributed by atoms with Gasteiger partial charge in [-0.05, 0) is 36.2 Å². The standard InChI is InChI=1S/C18H20N2O6S/c1-2-3-11-26-18(21)15-7-9-16(10-8-15)19-27(24,25)13-14-5-4-6-17(12-14)20(22)23/h4-10,12,19H,2-3,11,13H2,1H3. The number of carbonyl (C=O) groups is 1. The van der Waals surface area contributed by atoms with Crippen molar-refractivity contribution in [2.75, 3.05) is 11.3 Å². The minimum atomic E-state index is -3.77. The lowest BCUT2D eigenvalue weighted by atomic mass is 10.2. The largest absolute Gasteiger partial charge is 0.462 e. The van der Waals surface area contributed by atoms with Gasteiger partial charge in [0.1, 0.15) is 0 Å². The first-order valence-corrected chi connectivity index (χ1v) is 9.97. The van der Waals surface area contributed by atoms with Crippen LogP contribution in [0.1, 0.15) is 35.7 Å². The van der Waals surface area contributed by atoms with Crippen LogP contribution in [0.4, 0.5) is 11.4 Å². The summed E-state index contributed by atoms with van der Waals surface area (Å²) in [6.07, 6.45) is 1.69. The van der Waals surface area contributed by atoms with E-state index in [9.17, 15) is 23.3 Å². The molecule has 2 aromatic rings. The van der Waals surface area contributed by atoms with Crippen LogP contribution in [0, 0.1) is 10.1 Å². The fourth-order valence-electron chi connectivity index (χ4n) is 2.26. The van der Waals surface area contributed by atoms with Crippen LogP contribution in [0.3, 0.4) is 0 Å². The highest BCUT2D eigenvalue weighted by atomic mass is 32.2. The Morgan fingerprint density at radius 3 is 2.52 bits per heavy atom. The number of anilines is 1. The van der Waals surface area contributed by atoms with Gasteiger partial charge in [0.2, 0.25) is 10.0 Å². The summed E-state index contributed by atoms with van der Waals surface area (Å²) in [6, 6.07) is 11.3. The third-order valence-electron chi connectivity index (χ3n) is 3.60. The van der Waals surface area contributed by atoms with E-state index in [0.29, 0.717) is 17.7 Å². The van der Waals surface area contributed by atoms with Crippen molar-refractivity contribution in [2.45, 2.75) is 25.5 Å². The maximum absolute atomic E-state index is 12.3. The summed E-state index contributed by atoms with van der Waals surface area (Å²) in [5, 5.41) is 10.8. The molecule has 0 heterocycles. The number of non-ortho nitro benzene ring substituents is 1. The second-order valence-electron chi connectivity index (χ2n) is 5.85. The predicted molar refractivity (Wildman–Crippen MR) is 101 cm³/mol. The Labute approximate surface area is 157 Å². The monoisotopic (exact) mass is 392 g/mol. The van der Waals surface area contributed by atoms with Gasteiger partial charge < -0.3 is 4.74 Å². The lowest BCUT2D eigenvalue weighted by Gasteiger charge is -2.09. The molecule has 0 unspecified atom stereocenters. The van der Waals surface area contributed by atoms with Crippen molar-refractivity contribution < 1.29 is 22.9 Å². The summed E-state index contributed by atoms with van der Waals surface area (Å²) in [5.74, 6) is -0.871. The molecular formula is C18H20N2O6S. The molecule has 2 aromatic carbocycles. The predicted octanol–water partition coefficient (Wildman–Crippen LogP) is 3.49. The van der Waals surface area contributed by atoms with E-state index < -0.39 is 26.7 Å². The van der Waals surface area contributed by atoms with Crippen LogP contribution in [0.5, 0.6) is 0 Å². The zero-order valence-corrected chi connectivity index (χ0v) is 15.6. The number of sulfonamides is 1. The molecule has 0 aliphatic carbocycles. The van der Waals surface area contributed by atoms with Crippen molar-refractivity contribution in [3.63, 3.8) is 0 Å². The molecule has 0 saturated carbocycles. The smallest absolute Gasteiger partial charge is 0.338 e. The van der Waals surface area contributed by atoms with Crippen molar-refractivity contribution >= 4 is 27.4 Å². The Morgan fingerprint density at radius 1 is 1.19 bits per heavy atom. The molecule has 9 heteroatoms. The Hall–Kier alpha value is -2.94. The number of nitrogens with zero attached hydrogens (tertiary/aromatic N) is 1. The van der Waals surface area contributed by atoms with Gasteiger partial charge in [-0.2, -0.15) is 0 Å². The second kappa shape index (κ2) is 9.13. The summed E-state index contributed by atoms with van der Waals surface area (Å²) in [7, 11) is -3.77. The first kappa shape index (κ1) is 20.4. The molecule has 0 spiro atoms. The zero-order valence-electron chi connectivity index (χ0n) is 14.8. The van der Waals surface area contributed by atoms with E-state index in [1.165, 1.54) is 48.5 Å². The highest BCUT2D eigenvalue weighted by Gasteiger charge is 2.15. The fraction of sp³-hybridized carbons (Fsp3) is 0.278. The van der Waals surface area contributed by atoms with Crippen LogP contribution in [0.15, 0.2) is 48.5 Å². The van der Waals surface area contributed by atoms with E-state index in [4.69, 9.17) is 4.74 Å². The molecule has 0 radical (unpaired) electrons. The molecular weight excluding hydrogens is 372 g/mol. The summed E-state index contributed by atoms with van der Waals surface area (Å²) in [6.45, 7) is 2.33. The topological polar surface area (TPSA) is 116 Å². The van der Waals surface area contributed by atoms with Crippen molar-refractivity contribution in [3.8, 4) is 0 Å². The third kappa shape index (κ3) is 6.37. The number of esters is 1. The molecule has 0 fully saturated rings. The van der Waals surface area contributed by atoms with E-state index in [-0.39, 0.29) is 11.4 Å². The van der Waals surface area contributed by atoms with Gasteiger partial charge in [0.15, 0.2) is 0 Å². The lowest BCUT2D eigenvalue weighted by Crippen LogP contribution is -2.15. The number of hydrogen-bond donors (Lipinski definition) is 1. The van der Waals surface area contributed by atoms with Gasteiger partial charge in [-0.3, -0.25) is 14.8 Å². The summed E-state index contributed by atoms with van der Waals surface area (Å²) < 4.78 is 32.0. The van der Waals surface area contributed by atoms with Crippen molar-refractivity contribution in [1.29, 1.82) is 0 Å². The number of unbranched alkanes of at least 4 members (excludes halogenated alkanes) is 1. The molecule has 0 saturated heterocycles. The van der Waals surface area contributed by atoms with Gasteiger partial charge in [-0.25, -0.2) is 13.2 Å². The van der Waals surface area contributed by atoms with Crippen molar-refractivity contribution in [3.05, 3.63) is 69.8 Å². The van der Waals surface area contributed by atoms with Crippen LogP contribution in [0.2, 0.25) is 0 Å². The summed E-state index contributed by atoms with van der Waals surface area (Å²) in [4.78, 5) is 22.0. The third-order valence-corrected chi connectivity index (χ3v) is 4.86. The normalized spacial score (nSPS) is 11.0. The Morgan fingerprint density at radius 2 is 1.89 bits per heavy atom. The van der Waals surface area contributed by atoms with Gasteiger partial charge in [-0.1, -0.05) is 25.5 Å². The van der Waals surface area contributed by atoms with Gasteiger partial charge in [0.05, 0.1) is 22.8 Å². The van der Waals surface area contributed by atoms with E-state index in [2.05, 4.69) is 4.72 Å². The average molecular weight is 392 g/mol. The van der Waals surface area contributed by atoms with E-state index in [1.54, 1.807) is 0 Å². The van der Waals surface area contributed by atoms with Gasteiger partial charge in [-0.15, -0.1) is 0 Å². The number of nitro benzene ring substituents is 1. The zero-order chi connectivity index (χ0) is 19.9. The molecule has 144 valence electrons. The minimum absolute atomic E-state index is 0.173. The molecule has 0 atom stereocenters. The number of ether oxygens (including phenoxy) is 1.